The summed E-state index contributed by atoms with van der Waals surface area (Å²) in [5, 5.41) is 16.7. The molecule has 2 aliphatic rings. The highest BCUT2D eigenvalue weighted by Crippen LogP contribution is 2.33. The Hall–Kier alpha value is -4.84. The monoisotopic (exact) mass is 567 g/mol. The lowest BCUT2D eigenvalue weighted by molar-refractivity contribution is -0.121. The maximum atomic E-state index is 13.5. The third-order valence-corrected chi connectivity index (χ3v) is 7.30. The van der Waals surface area contributed by atoms with E-state index in [0.29, 0.717) is 31.1 Å². The number of hydrogen-bond acceptors (Lipinski definition) is 8. The van der Waals surface area contributed by atoms with Gasteiger partial charge in [-0.25, -0.2) is 9.67 Å². The van der Waals surface area contributed by atoms with E-state index >= 15 is 0 Å². The fraction of sp³-hybridized carbons (Fsp3) is 0.355. The van der Waals surface area contributed by atoms with E-state index in [1.54, 1.807) is 38.2 Å². The predicted octanol–water partition coefficient (Wildman–Crippen LogP) is 1.18. The number of piperazine rings is 1. The van der Waals surface area contributed by atoms with Crippen LogP contribution in [-0.2, 0) is 11.3 Å². The number of phenolic OH excluding ortho intramolecular Hbond substituents is 1. The molecule has 0 spiro atoms. The zero-order valence-corrected chi connectivity index (χ0v) is 23.7. The average Bonchev–Trinajstić information content (AvgIpc) is 3.42. The Bertz CT molecular complexity index is 1560. The van der Waals surface area contributed by atoms with Crippen molar-refractivity contribution >= 4 is 17.5 Å². The van der Waals surface area contributed by atoms with Crippen LogP contribution in [-0.4, -0.2) is 99.9 Å². The predicted molar refractivity (Wildman–Crippen MR) is 157 cm³/mol. The van der Waals surface area contributed by atoms with Gasteiger partial charge in [-0.15, -0.1) is 11.5 Å². The maximum Gasteiger partial charge on any atom is 0.291 e. The number of carbonyl (C=O) groups is 2. The third kappa shape index (κ3) is 6.72. The van der Waals surface area contributed by atoms with Crippen molar-refractivity contribution < 1.29 is 19.4 Å². The molecule has 0 aliphatic carbocycles. The molecule has 0 radical (unpaired) electrons. The molecule has 3 aromatic rings. The first-order valence-corrected chi connectivity index (χ1v) is 13.7. The third-order valence-electron chi connectivity index (χ3n) is 7.30. The highest BCUT2D eigenvalue weighted by molar-refractivity contribution is 6.02. The first-order valence-electron chi connectivity index (χ1n) is 13.7. The molecular weight excluding hydrogens is 534 g/mol. The number of aromatic nitrogens is 3. The summed E-state index contributed by atoms with van der Waals surface area (Å²) in [5.41, 5.74) is 2.14. The minimum absolute atomic E-state index is 0.0745. The molecule has 5 rings (SSSR count). The molecule has 2 amide bonds. The van der Waals surface area contributed by atoms with Gasteiger partial charge in [0.15, 0.2) is 0 Å². The van der Waals surface area contributed by atoms with Crippen LogP contribution in [0.25, 0.3) is 0 Å². The Balaban J connectivity index is 1.22. The van der Waals surface area contributed by atoms with E-state index in [4.69, 9.17) is 11.2 Å². The fourth-order valence-electron chi connectivity index (χ4n) is 4.94. The topological polar surface area (TPSA) is 116 Å². The normalized spacial score (nSPS) is 19.1. The second-order valence-electron chi connectivity index (χ2n) is 10.3. The number of fused-ring (bicyclic) bond motifs is 1. The minimum Gasteiger partial charge on any atom is -0.508 e. The number of benzene rings is 2. The molecule has 2 aromatic carbocycles. The molecule has 216 valence electrons. The number of likely N-dealkylation sites (N-methyl/N-ethyl adjacent to an activating group) is 1. The molecule has 42 heavy (non-hydrogen) atoms. The van der Waals surface area contributed by atoms with Crippen LogP contribution in [0.1, 0.15) is 28.7 Å². The fourth-order valence-corrected chi connectivity index (χ4v) is 4.94. The van der Waals surface area contributed by atoms with Gasteiger partial charge in [0.05, 0.1) is 25.3 Å². The quantitative estimate of drug-likeness (QED) is 0.427. The van der Waals surface area contributed by atoms with Gasteiger partial charge in [-0.3, -0.25) is 19.4 Å². The van der Waals surface area contributed by atoms with Crippen LogP contribution in [0.3, 0.4) is 0 Å². The van der Waals surface area contributed by atoms with Gasteiger partial charge in [-0.05, 0) is 42.8 Å². The largest absolute Gasteiger partial charge is 0.508 e. The van der Waals surface area contributed by atoms with E-state index in [-0.39, 0.29) is 17.5 Å². The molecule has 2 N–H and O–H groups in total. The van der Waals surface area contributed by atoms with Gasteiger partial charge in [0, 0.05) is 38.8 Å². The summed E-state index contributed by atoms with van der Waals surface area (Å²) in [6.45, 7) is 7.08. The number of amides is 2. The number of phenols is 1. The molecule has 2 atom stereocenters. The van der Waals surface area contributed by atoms with Crippen LogP contribution in [0.15, 0.2) is 48.8 Å². The summed E-state index contributed by atoms with van der Waals surface area (Å²) < 4.78 is 7.59. The number of terminal acetylenes is 1. The Morgan fingerprint density at radius 1 is 1.14 bits per heavy atom. The number of nitrogens with one attached hydrogen (secondary N) is 1. The summed E-state index contributed by atoms with van der Waals surface area (Å²) in [6.07, 6.45) is 6.19. The second kappa shape index (κ2) is 12.8. The van der Waals surface area contributed by atoms with Crippen molar-refractivity contribution in [1.29, 1.82) is 0 Å². The van der Waals surface area contributed by atoms with E-state index < -0.39 is 18.1 Å². The molecule has 0 bridgehead atoms. The molecule has 0 saturated carbocycles. The number of carbonyl (C=O) groups excluding carboxylic acids is 2. The van der Waals surface area contributed by atoms with E-state index in [1.165, 1.54) is 15.9 Å². The minimum atomic E-state index is -0.962. The lowest BCUT2D eigenvalue weighted by atomic mass is 10.1. The molecule has 2 aliphatic heterocycles. The van der Waals surface area contributed by atoms with Gasteiger partial charge in [-0.2, -0.15) is 0 Å². The molecule has 11 heteroatoms. The molecular formula is C31H33N7O4. The molecule has 1 saturated heterocycles. The van der Waals surface area contributed by atoms with E-state index in [1.807, 2.05) is 18.2 Å². The number of aromatic hydroxyl groups is 1. The molecule has 0 unspecified atom stereocenters. The smallest absolute Gasteiger partial charge is 0.291 e. The van der Waals surface area contributed by atoms with Crippen LogP contribution in [0, 0.1) is 24.2 Å². The highest BCUT2D eigenvalue weighted by atomic mass is 16.5. The molecule has 1 fully saturated rings. The summed E-state index contributed by atoms with van der Waals surface area (Å²) >= 11 is 0. The van der Waals surface area contributed by atoms with Crippen molar-refractivity contribution in [2.24, 2.45) is 0 Å². The van der Waals surface area contributed by atoms with Crippen LogP contribution >= 0.6 is 0 Å². The van der Waals surface area contributed by atoms with Crippen LogP contribution < -0.4 is 15.0 Å². The van der Waals surface area contributed by atoms with Gasteiger partial charge in [0.25, 0.3) is 11.8 Å². The Labute approximate surface area is 245 Å². The molecule has 11 nitrogen and oxygen atoms in total. The van der Waals surface area contributed by atoms with Crippen molar-refractivity contribution in [2.75, 3.05) is 51.2 Å². The van der Waals surface area contributed by atoms with Crippen molar-refractivity contribution in [3.63, 3.8) is 0 Å². The van der Waals surface area contributed by atoms with Crippen molar-refractivity contribution in [1.82, 2.24) is 29.9 Å². The average molecular weight is 568 g/mol. The summed E-state index contributed by atoms with van der Waals surface area (Å²) in [6, 6.07) is 11.3. The van der Waals surface area contributed by atoms with E-state index in [2.05, 4.69) is 43.0 Å². The summed E-state index contributed by atoms with van der Waals surface area (Å²) in [5.74, 6) is 8.80. The number of hydrogen-bond donors (Lipinski definition) is 2. The first kappa shape index (κ1) is 28.7. The zero-order chi connectivity index (χ0) is 29.6. The van der Waals surface area contributed by atoms with Crippen LogP contribution in [0.2, 0.25) is 0 Å². The summed E-state index contributed by atoms with van der Waals surface area (Å²) in [7, 11) is 1.65. The number of nitrogens with zero attached hydrogens (tertiary/aromatic N) is 6. The Kier molecular flexibility index (Phi) is 8.72. The van der Waals surface area contributed by atoms with Gasteiger partial charge >= 0.3 is 0 Å². The standard InChI is InChI=1S/C31H33N7O4/c1-4-12-36-14-16-37(17-15-36)13-6-8-23-10-11-27-26(19-23)35(3)31(41)28(22(2)42-27)33-30(40)29-32-21-38(34-29)20-24-7-5-9-25(39)18-24/h1,5,7,9-11,18-19,21-22,28,39H,12-17,20H2,2-3H3,(H,33,40)/t22-,28+/m1/s1. The Morgan fingerprint density at radius 3 is 2.64 bits per heavy atom. The van der Waals surface area contributed by atoms with Crippen LogP contribution in [0.4, 0.5) is 5.69 Å². The van der Waals surface area contributed by atoms with Crippen molar-refractivity contribution in [3.8, 4) is 35.7 Å². The van der Waals surface area contributed by atoms with Crippen molar-refractivity contribution in [3.05, 3.63) is 65.7 Å². The van der Waals surface area contributed by atoms with E-state index in [0.717, 1.165) is 37.3 Å². The zero-order valence-electron chi connectivity index (χ0n) is 23.7. The van der Waals surface area contributed by atoms with Gasteiger partial charge in [-0.1, -0.05) is 29.9 Å². The second-order valence-corrected chi connectivity index (χ2v) is 10.3. The van der Waals surface area contributed by atoms with Crippen molar-refractivity contribution in [2.45, 2.75) is 25.6 Å². The lowest BCUT2D eigenvalue weighted by Crippen LogP contribution is -2.53. The van der Waals surface area contributed by atoms with Gasteiger partial charge < -0.3 is 20.1 Å². The first-order chi connectivity index (χ1) is 20.3. The number of anilines is 1. The van der Waals surface area contributed by atoms with Crippen LogP contribution in [0.5, 0.6) is 11.5 Å². The lowest BCUT2D eigenvalue weighted by Gasteiger charge is -2.32. The van der Waals surface area contributed by atoms with Gasteiger partial charge in [0.2, 0.25) is 5.82 Å². The highest BCUT2D eigenvalue weighted by Gasteiger charge is 2.36. The molecule has 3 heterocycles. The Morgan fingerprint density at radius 2 is 1.90 bits per heavy atom. The number of ether oxygens (including phenoxy) is 1. The maximum absolute atomic E-state index is 13.5. The van der Waals surface area contributed by atoms with E-state index in [9.17, 15) is 14.7 Å². The molecule has 1 aromatic heterocycles. The summed E-state index contributed by atoms with van der Waals surface area (Å²) in [4.78, 5) is 36.6. The van der Waals surface area contributed by atoms with Gasteiger partial charge in [0.1, 0.15) is 30.0 Å². The number of rotatable bonds is 6. The SMILES string of the molecule is C#CCN1CCN(CC#Cc2ccc3c(c2)N(C)C(=O)[C@@H](NC(=O)c2ncn(Cc4cccc(O)c4)n2)[C@@H](C)O3)CC1.